The maximum atomic E-state index is 12.0. The highest BCUT2D eigenvalue weighted by Gasteiger charge is 2.22. The molecule has 22 heavy (non-hydrogen) atoms. The summed E-state index contributed by atoms with van der Waals surface area (Å²) < 4.78 is 0. The number of halogens is 1. The van der Waals surface area contributed by atoms with Crippen LogP contribution in [-0.2, 0) is 4.79 Å². The molecule has 1 atom stereocenters. The average molecular weight is 312 g/mol. The van der Waals surface area contributed by atoms with Crippen LogP contribution >= 0.6 is 11.6 Å². The number of benzene rings is 2. The second kappa shape index (κ2) is 6.37. The highest BCUT2D eigenvalue weighted by molar-refractivity contribution is 6.30. The summed E-state index contributed by atoms with van der Waals surface area (Å²) in [5.74, 6) is 0.419. The fraction of sp³-hybridized carbons (Fsp3) is 0.211. The summed E-state index contributed by atoms with van der Waals surface area (Å²) in [7, 11) is 0. The van der Waals surface area contributed by atoms with Crippen molar-refractivity contribution in [3.8, 4) is 0 Å². The van der Waals surface area contributed by atoms with Crippen LogP contribution in [0.25, 0.3) is 0 Å². The van der Waals surface area contributed by atoms with Crippen molar-refractivity contribution in [2.45, 2.75) is 25.7 Å². The largest absolute Gasteiger partial charge is 0.359 e. The number of allylic oxidation sites excluding steroid dienone is 2. The maximum Gasteiger partial charge on any atom is 0.158 e. The van der Waals surface area contributed by atoms with Crippen LogP contribution in [-0.4, -0.2) is 5.78 Å². The van der Waals surface area contributed by atoms with Crippen LogP contribution in [0.1, 0.15) is 29.9 Å². The van der Waals surface area contributed by atoms with Gasteiger partial charge in [-0.15, -0.1) is 0 Å². The Bertz CT molecular complexity index is 721. The number of nitrogens with one attached hydrogen (secondary N) is 1. The summed E-state index contributed by atoms with van der Waals surface area (Å²) in [6.45, 7) is 2.01. The van der Waals surface area contributed by atoms with E-state index < -0.39 is 0 Å². The predicted octanol–water partition coefficient (Wildman–Crippen LogP) is 5.09. The van der Waals surface area contributed by atoms with Crippen LogP contribution in [0.3, 0.4) is 0 Å². The first kappa shape index (κ1) is 14.9. The van der Waals surface area contributed by atoms with Crippen molar-refractivity contribution in [2.24, 2.45) is 0 Å². The molecule has 0 radical (unpaired) electrons. The van der Waals surface area contributed by atoms with Gasteiger partial charge in [-0.2, -0.15) is 0 Å². The van der Waals surface area contributed by atoms with Gasteiger partial charge in [0.2, 0.25) is 0 Å². The highest BCUT2D eigenvalue weighted by Crippen LogP contribution is 2.32. The molecule has 0 fully saturated rings. The first-order valence-electron chi connectivity index (χ1n) is 7.43. The number of carbonyl (C=O) groups is 1. The first-order valence-corrected chi connectivity index (χ1v) is 7.81. The molecule has 112 valence electrons. The standard InChI is InChI=1S/C19H18ClNO/c1-13-9-16(20)7-8-19(13)21-17-10-15(11-18(22)12-17)14-5-3-2-4-6-14/h2-9,12,15,21H,10-11H2,1H3/t15-/m0/s1. The Kier molecular flexibility index (Phi) is 4.30. The molecule has 0 saturated heterocycles. The summed E-state index contributed by atoms with van der Waals surface area (Å²) in [6.07, 6.45) is 3.15. The number of anilines is 1. The van der Waals surface area contributed by atoms with E-state index in [0.717, 1.165) is 28.4 Å². The summed E-state index contributed by atoms with van der Waals surface area (Å²) >= 11 is 5.99. The van der Waals surface area contributed by atoms with Gasteiger partial charge in [-0.3, -0.25) is 4.79 Å². The quantitative estimate of drug-likeness (QED) is 0.855. The molecule has 2 nitrogen and oxygen atoms in total. The topological polar surface area (TPSA) is 29.1 Å². The number of ketones is 1. The smallest absolute Gasteiger partial charge is 0.158 e. The van der Waals surface area contributed by atoms with Crippen LogP contribution in [0.5, 0.6) is 0 Å². The van der Waals surface area contributed by atoms with Crippen LogP contribution in [0.4, 0.5) is 5.69 Å². The molecular weight excluding hydrogens is 294 g/mol. The van der Waals surface area contributed by atoms with Crippen molar-refractivity contribution in [2.75, 3.05) is 5.32 Å². The lowest BCUT2D eigenvalue weighted by atomic mass is 9.85. The molecule has 0 heterocycles. The Morgan fingerprint density at radius 3 is 2.59 bits per heavy atom. The van der Waals surface area contributed by atoms with E-state index in [1.165, 1.54) is 5.56 Å². The third-order valence-corrected chi connectivity index (χ3v) is 4.24. The van der Waals surface area contributed by atoms with Crippen molar-refractivity contribution >= 4 is 23.1 Å². The third-order valence-electron chi connectivity index (χ3n) is 4.00. The molecule has 0 bridgehead atoms. The fourth-order valence-electron chi connectivity index (χ4n) is 2.88. The van der Waals surface area contributed by atoms with E-state index in [4.69, 9.17) is 11.6 Å². The van der Waals surface area contributed by atoms with E-state index in [0.29, 0.717) is 6.42 Å². The lowest BCUT2D eigenvalue weighted by Gasteiger charge is -2.24. The van der Waals surface area contributed by atoms with E-state index in [1.807, 2.05) is 43.3 Å². The van der Waals surface area contributed by atoms with Gasteiger partial charge in [-0.05, 0) is 48.6 Å². The molecule has 3 rings (SSSR count). The minimum atomic E-state index is 0.175. The lowest BCUT2D eigenvalue weighted by molar-refractivity contribution is -0.115. The minimum Gasteiger partial charge on any atom is -0.359 e. The molecule has 0 unspecified atom stereocenters. The molecular formula is C19H18ClNO. The van der Waals surface area contributed by atoms with E-state index in [1.54, 1.807) is 6.08 Å². The third kappa shape index (κ3) is 3.40. The van der Waals surface area contributed by atoms with Gasteiger partial charge in [0, 0.05) is 28.9 Å². The van der Waals surface area contributed by atoms with Crippen LogP contribution in [0.2, 0.25) is 5.02 Å². The number of rotatable bonds is 3. The molecule has 0 aromatic heterocycles. The Labute approximate surface area is 135 Å². The van der Waals surface area contributed by atoms with Crippen molar-refractivity contribution in [1.29, 1.82) is 0 Å². The zero-order valence-corrected chi connectivity index (χ0v) is 13.2. The number of aryl methyl sites for hydroxylation is 1. The van der Waals surface area contributed by atoms with E-state index in [-0.39, 0.29) is 11.7 Å². The van der Waals surface area contributed by atoms with Crippen molar-refractivity contribution < 1.29 is 4.79 Å². The van der Waals surface area contributed by atoms with Gasteiger partial charge in [0.25, 0.3) is 0 Å². The summed E-state index contributed by atoms with van der Waals surface area (Å²) in [5, 5.41) is 4.11. The Morgan fingerprint density at radius 1 is 1.09 bits per heavy atom. The molecule has 2 aromatic carbocycles. The lowest BCUT2D eigenvalue weighted by Crippen LogP contribution is -2.17. The number of carbonyl (C=O) groups excluding carboxylic acids is 1. The molecule has 3 heteroatoms. The Balaban J connectivity index is 1.80. The normalized spacial score (nSPS) is 18.0. The van der Waals surface area contributed by atoms with E-state index >= 15 is 0 Å². The van der Waals surface area contributed by atoms with Gasteiger partial charge in [0.15, 0.2) is 5.78 Å². The van der Waals surface area contributed by atoms with Gasteiger partial charge < -0.3 is 5.32 Å². The second-order valence-electron chi connectivity index (χ2n) is 5.74. The first-order chi connectivity index (χ1) is 10.6. The molecule has 1 aliphatic carbocycles. The monoisotopic (exact) mass is 311 g/mol. The summed E-state index contributed by atoms with van der Waals surface area (Å²) in [6, 6.07) is 16.0. The van der Waals surface area contributed by atoms with Gasteiger partial charge in [0.05, 0.1) is 0 Å². The van der Waals surface area contributed by atoms with E-state index in [2.05, 4.69) is 17.4 Å². The zero-order valence-electron chi connectivity index (χ0n) is 12.5. The number of hydrogen-bond acceptors (Lipinski definition) is 2. The van der Waals surface area contributed by atoms with Crippen LogP contribution in [0, 0.1) is 6.92 Å². The zero-order chi connectivity index (χ0) is 15.5. The van der Waals surface area contributed by atoms with Gasteiger partial charge >= 0.3 is 0 Å². The van der Waals surface area contributed by atoms with Gasteiger partial charge in [-0.1, -0.05) is 41.9 Å². The maximum absolute atomic E-state index is 12.0. The highest BCUT2D eigenvalue weighted by atomic mass is 35.5. The minimum absolute atomic E-state index is 0.175. The molecule has 1 N–H and O–H groups in total. The van der Waals surface area contributed by atoms with Gasteiger partial charge in [-0.25, -0.2) is 0 Å². The molecule has 2 aromatic rings. The molecule has 0 saturated carbocycles. The molecule has 0 spiro atoms. The number of hydrogen-bond donors (Lipinski definition) is 1. The van der Waals surface area contributed by atoms with Crippen molar-refractivity contribution in [3.05, 3.63) is 76.5 Å². The average Bonchev–Trinajstić information content (AvgIpc) is 2.50. The van der Waals surface area contributed by atoms with E-state index in [9.17, 15) is 4.79 Å². The van der Waals surface area contributed by atoms with Crippen molar-refractivity contribution in [3.63, 3.8) is 0 Å². The Morgan fingerprint density at radius 2 is 1.86 bits per heavy atom. The molecule has 0 aliphatic heterocycles. The summed E-state index contributed by atoms with van der Waals surface area (Å²) in [5.41, 5.74) is 4.26. The molecule has 0 amide bonds. The fourth-order valence-corrected chi connectivity index (χ4v) is 3.11. The Hall–Kier alpha value is -2.06. The van der Waals surface area contributed by atoms with Crippen LogP contribution in [0.15, 0.2) is 60.3 Å². The molecule has 1 aliphatic rings. The van der Waals surface area contributed by atoms with Crippen molar-refractivity contribution in [1.82, 2.24) is 0 Å². The van der Waals surface area contributed by atoms with Gasteiger partial charge in [0.1, 0.15) is 0 Å². The predicted molar refractivity (Wildman–Crippen MR) is 91.3 cm³/mol. The van der Waals surface area contributed by atoms with Crippen LogP contribution < -0.4 is 5.32 Å². The summed E-state index contributed by atoms with van der Waals surface area (Å²) in [4.78, 5) is 12.0. The second-order valence-corrected chi connectivity index (χ2v) is 6.17. The SMILES string of the molecule is Cc1cc(Cl)ccc1NC1=CC(=O)C[C@@H](c2ccccc2)C1.